The van der Waals surface area contributed by atoms with Crippen molar-refractivity contribution in [1.29, 1.82) is 0 Å². The molecule has 1 aromatic rings. The Labute approximate surface area is 93.5 Å². The van der Waals surface area contributed by atoms with Crippen LogP contribution < -0.4 is 10.5 Å². The highest BCUT2D eigenvalue weighted by molar-refractivity contribution is 5.91. The SMILES string of the molecule is COc1cc(O)c(C(=O)O)cc1C(C)CN. The first-order valence-electron chi connectivity index (χ1n) is 4.85. The van der Waals surface area contributed by atoms with E-state index in [4.69, 9.17) is 15.6 Å². The Bertz CT molecular complexity index is 403. The zero-order valence-corrected chi connectivity index (χ0v) is 9.23. The van der Waals surface area contributed by atoms with Crippen molar-refractivity contribution >= 4 is 5.97 Å². The van der Waals surface area contributed by atoms with Crippen LogP contribution >= 0.6 is 0 Å². The number of carboxylic acid groups (broad SMARTS) is 1. The van der Waals surface area contributed by atoms with E-state index in [1.165, 1.54) is 19.2 Å². The molecular weight excluding hydrogens is 210 g/mol. The number of benzene rings is 1. The van der Waals surface area contributed by atoms with E-state index in [2.05, 4.69) is 0 Å². The summed E-state index contributed by atoms with van der Waals surface area (Å²) in [5, 5.41) is 18.4. The lowest BCUT2D eigenvalue weighted by Gasteiger charge is -2.15. The van der Waals surface area contributed by atoms with Crippen LogP contribution in [0.15, 0.2) is 12.1 Å². The number of carbonyl (C=O) groups is 1. The first kappa shape index (κ1) is 12.3. The Balaban J connectivity index is 3.34. The molecule has 5 heteroatoms. The van der Waals surface area contributed by atoms with Gasteiger partial charge in [0.2, 0.25) is 0 Å². The highest BCUT2D eigenvalue weighted by atomic mass is 16.5. The van der Waals surface area contributed by atoms with Gasteiger partial charge in [-0.3, -0.25) is 0 Å². The van der Waals surface area contributed by atoms with Crippen LogP contribution in [0.1, 0.15) is 28.8 Å². The lowest BCUT2D eigenvalue weighted by Crippen LogP contribution is -2.11. The molecule has 4 N–H and O–H groups in total. The van der Waals surface area contributed by atoms with Crippen molar-refractivity contribution in [3.8, 4) is 11.5 Å². The molecular formula is C11H15NO4. The van der Waals surface area contributed by atoms with E-state index < -0.39 is 5.97 Å². The maximum absolute atomic E-state index is 10.9. The number of ether oxygens (including phenoxy) is 1. The van der Waals surface area contributed by atoms with E-state index in [0.29, 0.717) is 17.9 Å². The van der Waals surface area contributed by atoms with Crippen LogP contribution in [0.4, 0.5) is 0 Å². The molecule has 1 unspecified atom stereocenters. The Hall–Kier alpha value is -1.75. The minimum Gasteiger partial charge on any atom is -0.507 e. The molecule has 0 spiro atoms. The van der Waals surface area contributed by atoms with Gasteiger partial charge in [0.25, 0.3) is 0 Å². The fourth-order valence-electron chi connectivity index (χ4n) is 1.45. The summed E-state index contributed by atoms with van der Waals surface area (Å²) >= 11 is 0. The summed E-state index contributed by atoms with van der Waals surface area (Å²) in [4.78, 5) is 10.9. The topological polar surface area (TPSA) is 92.8 Å². The minimum atomic E-state index is -1.18. The summed E-state index contributed by atoms with van der Waals surface area (Å²) in [7, 11) is 1.46. The number of carboxylic acids is 1. The largest absolute Gasteiger partial charge is 0.507 e. The van der Waals surface area contributed by atoms with Gasteiger partial charge in [0, 0.05) is 6.07 Å². The summed E-state index contributed by atoms with van der Waals surface area (Å²) < 4.78 is 5.08. The van der Waals surface area contributed by atoms with Crippen LogP contribution in [0.25, 0.3) is 0 Å². The Morgan fingerprint density at radius 2 is 2.19 bits per heavy atom. The number of nitrogens with two attached hydrogens (primary N) is 1. The first-order valence-corrected chi connectivity index (χ1v) is 4.85. The standard InChI is InChI=1S/C11H15NO4/c1-6(5-12)7-3-8(11(14)15)9(13)4-10(7)16-2/h3-4,6,13H,5,12H2,1-2H3,(H,14,15). The van der Waals surface area contributed by atoms with Crippen molar-refractivity contribution in [2.45, 2.75) is 12.8 Å². The van der Waals surface area contributed by atoms with E-state index in [1.54, 1.807) is 0 Å². The Morgan fingerprint density at radius 1 is 1.56 bits per heavy atom. The van der Waals surface area contributed by atoms with Crippen LogP contribution in [0, 0.1) is 0 Å². The number of aromatic hydroxyl groups is 1. The molecule has 0 bridgehead atoms. The maximum atomic E-state index is 10.9. The van der Waals surface area contributed by atoms with E-state index >= 15 is 0 Å². The molecule has 16 heavy (non-hydrogen) atoms. The third-order valence-corrected chi connectivity index (χ3v) is 2.46. The lowest BCUT2D eigenvalue weighted by molar-refractivity contribution is 0.0693. The molecule has 0 radical (unpaired) electrons. The summed E-state index contributed by atoms with van der Waals surface area (Å²) in [5.74, 6) is -1.07. The molecule has 0 aliphatic heterocycles. The fourth-order valence-corrected chi connectivity index (χ4v) is 1.45. The molecule has 0 amide bonds. The smallest absolute Gasteiger partial charge is 0.339 e. The molecule has 0 fully saturated rings. The number of aromatic carboxylic acids is 1. The average Bonchev–Trinajstić information content (AvgIpc) is 2.27. The predicted molar refractivity (Wildman–Crippen MR) is 59.1 cm³/mol. The van der Waals surface area contributed by atoms with Crippen molar-refractivity contribution in [3.05, 3.63) is 23.3 Å². The molecule has 0 saturated carbocycles. The van der Waals surface area contributed by atoms with Crippen LogP contribution in [-0.2, 0) is 0 Å². The van der Waals surface area contributed by atoms with Gasteiger partial charge in [-0.1, -0.05) is 6.92 Å². The number of methoxy groups -OCH3 is 1. The van der Waals surface area contributed by atoms with E-state index in [1.807, 2.05) is 6.92 Å². The molecule has 0 aliphatic rings. The van der Waals surface area contributed by atoms with Gasteiger partial charge < -0.3 is 20.7 Å². The second-order valence-electron chi connectivity index (χ2n) is 3.55. The molecule has 0 saturated heterocycles. The molecule has 1 atom stereocenters. The van der Waals surface area contributed by atoms with Gasteiger partial charge in [-0.15, -0.1) is 0 Å². The number of phenols is 1. The quantitative estimate of drug-likeness (QED) is 0.715. The fraction of sp³-hybridized carbons (Fsp3) is 0.364. The second kappa shape index (κ2) is 4.85. The van der Waals surface area contributed by atoms with Gasteiger partial charge >= 0.3 is 5.97 Å². The van der Waals surface area contributed by atoms with E-state index in [0.717, 1.165) is 0 Å². The molecule has 5 nitrogen and oxygen atoms in total. The van der Waals surface area contributed by atoms with E-state index in [-0.39, 0.29) is 17.2 Å². The van der Waals surface area contributed by atoms with Crippen LogP contribution in [0.5, 0.6) is 11.5 Å². The van der Waals surface area contributed by atoms with Crippen LogP contribution in [0.2, 0.25) is 0 Å². The van der Waals surface area contributed by atoms with Crippen molar-refractivity contribution in [3.63, 3.8) is 0 Å². The zero-order valence-electron chi connectivity index (χ0n) is 9.23. The summed E-state index contributed by atoms with van der Waals surface area (Å²) in [6.07, 6.45) is 0. The highest BCUT2D eigenvalue weighted by Gasteiger charge is 2.17. The van der Waals surface area contributed by atoms with Gasteiger partial charge in [-0.25, -0.2) is 4.79 Å². The number of rotatable bonds is 4. The molecule has 0 aromatic heterocycles. The zero-order chi connectivity index (χ0) is 12.3. The summed E-state index contributed by atoms with van der Waals surface area (Å²) in [6, 6.07) is 2.69. The van der Waals surface area contributed by atoms with Crippen LogP contribution in [-0.4, -0.2) is 29.8 Å². The average molecular weight is 225 g/mol. The van der Waals surface area contributed by atoms with E-state index in [9.17, 15) is 9.90 Å². The monoisotopic (exact) mass is 225 g/mol. The molecule has 88 valence electrons. The van der Waals surface area contributed by atoms with Crippen molar-refractivity contribution in [1.82, 2.24) is 0 Å². The van der Waals surface area contributed by atoms with Gasteiger partial charge in [0.15, 0.2) is 0 Å². The predicted octanol–water partition coefficient (Wildman–Crippen LogP) is 1.16. The third-order valence-electron chi connectivity index (χ3n) is 2.46. The maximum Gasteiger partial charge on any atom is 0.339 e. The molecule has 1 aromatic carbocycles. The normalized spacial score (nSPS) is 12.2. The van der Waals surface area contributed by atoms with Crippen molar-refractivity contribution in [2.75, 3.05) is 13.7 Å². The Kier molecular flexibility index (Phi) is 3.73. The summed E-state index contributed by atoms with van der Waals surface area (Å²) in [6.45, 7) is 2.24. The number of hydrogen-bond acceptors (Lipinski definition) is 4. The lowest BCUT2D eigenvalue weighted by atomic mass is 9.97. The Morgan fingerprint density at radius 3 is 2.62 bits per heavy atom. The van der Waals surface area contributed by atoms with Crippen molar-refractivity contribution in [2.24, 2.45) is 5.73 Å². The van der Waals surface area contributed by atoms with Gasteiger partial charge in [0.1, 0.15) is 17.1 Å². The second-order valence-corrected chi connectivity index (χ2v) is 3.55. The number of hydrogen-bond donors (Lipinski definition) is 3. The van der Waals surface area contributed by atoms with Gasteiger partial charge in [0.05, 0.1) is 7.11 Å². The molecule has 0 aliphatic carbocycles. The first-order chi connectivity index (χ1) is 7.51. The van der Waals surface area contributed by atoms with Crippen LogP contribution in [0.3, 0.4) is 0 Å². The van der Waals surface area contributed by atoms with Gasteiger partial charge in [-0.05, 0) is 24.1 Å². The van der Waals surface area contributed by atoms with Crippen molar-refractivity contribution < 1.29 is 19.7 Å². The highest BCUT2D eigenvalue weighted by Crippen LogP contribution is 2.32. The van der Waals surface area contributed by atoms with Gasteiger partial charge in [-0.2, -0.15) is 0 Å². The molecule has 0 heterocycles. The minimum absolute atomic E-state index is 0.0337. The third kappa shape index (κ3) is 2.25. The summed E-state index contributed by atoms with van der Waals surface area (Å²) in [5.41, 5.74) is 6.06. The molecule has 1 rings (SSSR count).